The van der Waals surface area contributed by atoms with Gasteiger partial charge in [0.15, 0.2) is 0 Å². The lowest BCUT2D eigenvalue weighted by atomic mass is 9.91. The molecule has 2 aliphatic rings. The first-order chi connectivity index (χ1) is 14.3. The van der Waals surface area contributed by atoms with E-state index in [0.29, 0.717) is 28.8 Å². The standard InChI is InChI=1S/C26H30N2O2/c1-16-7-10-21(11-8-16)23-24(27-14-18(3)12-19(4)15-27)26(30)28(25(23)29)22-13-17(2)6-9-20(22)5/h6-11,13,18-19H,12,14-15H2,1-5H3. The molecule has 4 heteroatoms. The summed E-state index contributed by atoms with van der Waals surface area (Å²) in [5.41, 5.74) is 5.67. The van der Waals surface area contributed by atoms with E-state index in [2.05, 4.69) is 18.7 Å². The van der Waals surface area contributed by atoms with Crippen LogP contribution in [0.5, 0.6) is 0 Å². The van der Waals surface area contributed by atoms with Gasteiger partial charge >= 0.3 is 0 Å². The van der Waals surface area contributed by atoms with E-state index in [9.17, 15) is 9.59 Å². The van der Waals surface area contributed by atoms with E-state index in [4.69, 9.17) is 0 Å². The molecule has 1 fully saturated rings. The predicted molar refractivity (Wildman–Crippen MR) is 121 cm³/mol. The molecule has 0 radical (unpaired) electrons. The van der Waals surface area contributed by atoms with Crippen LogP contribution in [0.15, 0.2) is 48.2 Å². The van der Waals surface area contributed by atoms with Gasteiger partial charge in [-0.25, -0.2) is 4.90 Å². The Morgan fingerprint density at radius 2 is 1.40 bits per heavy atom. The summed E-state index contributed by atoms with van der Waals surface area (Å²) in [5, 5.41) is 0. The fourth-order valence-corrected chi connectivity index (χ4v) is 4.82. The Bertz CT molecular complexity index is 1030. The van der Waals surface area contributed by atoms with Gasteiger partial charge in [-0.05, 0) is 61.8 Å². The van der Waals surface area contributed by atoms with Gasteiger partial charge in [-0.3, -0.25) is 9.59 Å². The van der Waals surface area contributed by atoms with Crippen LogP contribution in [0.4, 0.5) is 5.69 Å². The van der Waals surface area contributed by atoms with Crippen molar-refractivity contribution in [3.8, 4) is 0 Å². The molecule has 0 aliphatic carbocycles. The van der Waals surface area contributed by atoms with E-state index in [1.807, 2.05) is 63.2 Å². The Balaban J connectivity index is 1.86. The molecule has 1 saturated heterocycles. The largest absolute Gasteiger partial charge is 0.366 e. The Morgan fingerprint density at radius 1 is 0.800 bits per heavy atom. The molecule has 30 heavy (non-hydrogen) atoms. The molecule has 4 nitrogen and oxygen atoms in total. The van der Waals surface area contributed by atoms with Crippen LogP contribution in [0.2, 0.25) is 0 Å². The van der Waals surface area contributed by atoms with Gasteiger partial charge in [-0.15, -0.1) is 0 Å². The quantitative estimate of drug-likeness (QED) is 0.688. The molecule has 156 valence electrons. The highest BCUT2D eigenvalue weighted by Gasteiger charge is 2.44. The SMILES string of the molecule is Cc1ccc(C2=C(N3CC(C)CC(C)C3)C(=O)N(c3cc(C)ccc3C)C2=O)cc1. The van der Waals surface area contributed by atoms with Crippen LogP contribution in [-0.4, -0.2) is 29.8 Å². The maximum absolute atomic E-state index is 13.7. The molecule has 2 aliphatic heterocycles. The van der Waals surface area contributed by atoms with E-state index in [-0.39, 0.29) is 11.8 Å². The second-order valence-corrected chi connectivity index (χ2v) is 9.18. The molecule has 2 heterocycles. The average molecular weight is 403 g/mol. The van der Waals surface area contributed by atoms with Crippen molar-refractivity contribution in [2.45, 2.75) is 41.0 Å². The monoisotopic (exact) mass is 402 g/mol. The third-order valence-electron chi connectivity index (χ3n) is 6.19. The number of benzene rings is 2. The number of carbonyl (C=O) groups is 2. The first-order valence-corrected chi connectivity index (χ1v) is 10.8. The van der Waals surface area contributed by atoms with Gasteiger partial charge < -0.3 is 4.90 Å². The number of hydrogen-bond acceptors (Lipinski definition) is 3. The molecule has 0 bridgehead atoms. The highest BCUT2D eigenvalue weighted by Crippen LogP contribution is 2.38. The topological polar surface area (TPSA) is 40.6 Å². The van der Waals surface area contributed by atoms with Crippen molar-refractivity contribution >= 4 is 23.1 Å². The van der Waals surface area contributed by atoms with Crippen molar-refractivity contribution in [1.29, 1.82) is 0 Å². The van der Waals surface area contributed by atoms with Gasteiger partial charge in [0.25, 0.3) is 11.8 Å². The zero-order valence-electron chi connectivity index (χ0n) is 18.5. The number of likely N-dealkylation sites (tertiary alicyclic amines) is 1. The summed E-state index contributed by atoms with van der Waals surface area (Å²) < 4.78 is 0. The number of piperidine rings is 1. The van der Waals surface area contributed by atoms with Crippen LogP contribution >= 0.6 is 0 Å². The number of nitrogens with zero attached hydrogens (tertiary/aromatic N) is 2. The molecule has 0 N–H and O–H groups in total. The highest BCUT2D eigenvalue weighted by atomic mass is 16.2. The predicted octanol–water partition coefficient (Wildman–Crippen LogP) is 4.87. The zero-order valence-corrected chi connectivity index (χ0v) is 18.5. The van der Waals surface area contributed by atoms with Gasteiger partial charge in [0.2, 0.25) is 0 Å². The van der Waals surface area contributed by atoms with Crippen molar-refractivity contribution in [3.63, 3.8) is 0 Å². The first-order valence-electron chi connectivity index (χ1n) is 10.8. The summed E-state index contributed by atoms with van der Waals surface area (Å²) >= 11 is 0. The minimum absolute atomic E-state index is 0.203. The summed E-state index contributed by atoms with van der Waals surface area (Å²) in [7, 11) is 0. The van der Waals surface area contributed by atoms with E-state index in [0.717, 1.165) is 41.8 Å². The maximum Gasteiger partial charge on any atom is 0.282 e. The van der Waals surface area contributed by atoms with Gasteiger partial charge in [-0.1, -0.05) is 55.8 Å². The van der Waals surface area contributed by atoms with Gasteiger partial charge in [0.05, 0.1) is 11.3 Å². The van der Waals surface area contributed by atoms with Crippen molar-refractivity contribution in [3.05, 3.63) is 70.4 Å². The summed E-state index contributed by atoms with van der Waals surface area (Å²) in [6, 6.07) is 13.8. The lowest BCUT2D eigenvalue weighted by Crippen LogP contribution is -2.42. The first kappa shape index (κ1) is 20.4. The third kappa shape index (κ3) is 3.55. The minimum Gasteiger partial charge on any atom is -0.366 e. The molecule has 0 saturated carbocycles. The molecule has 0 spiro atoms. The van der Waals surface area contributed by atoms with Gasteiger partial charge in [0, 0.05) is 13.1 Å². The van der Waals surface area contributed by atoms with Crippen LogP contribution in [0, 0.1) is 32.6 Å². The van der Waals surface area contributed by atoms with E-state index in [1.54, 1.807) is 0 Å². The Kier molecular flexibility index (Phi) is 5.27. The molecule has 4 rings (SSSR count). The van der Waals surface area contributed by atoms with Gasteiger partial charge in [-0.2, -0.15) is 0 Å². The number of imide groups is 1. The Morgan fingerprint density at radius 3 is 2.03 bits per heavy atom. The summed E-state index contributed by atoms with van der Waals surface area (Å²) in [5.74, 6) is 0.542. The number of hydrogen-bond donors (Lipinski definition) is 0. The number of anilines is 1. The second-order valence-electron chi connectivity index (χ2n) is 9.18. The summed E-state index contributed by atoms with van der Waals surface area (Å²) in [6.45, 7) is 12.0. The summed E-state index contributed by atoms with van der Waals surface area (Å²) in [6.07, 6.45) is 1.15. The smallest absolute Gasteiger partial charge is 0.282 e. The summed E-state index contributed by atoms with van der Waals surface area (Å²) in [4.78, 5) is 31.0. The Labute approximate surface area is 179 Å². The molecule has 2 aromatic carbocycles. The lowest BCUT2D eigenvalue weighted by molar-refractivity contribution is -0.120. The van der Waals surface area contributed by atoms with Crippen LogP contribution in [0.3, 0.4) is 0 Å². The van der Waals surface area contributed by atoms with Crippen LogP contribution in [-0.2, 0) is 9.59 Å². The normalized spacial score (nSPS) is 22.3. The molecule has 2 unspecified atom stereocenters. The molecular weight excluding hydrogens is 372 g/mol. The molecular formula is C26H30N2O2. The number of carbonyl (C=O) groups excluding carboxylic acids is 2. The van der Waals surface area contributed by atoms with Crippen molar-refractivity contribution in [2.24, 2.45) is 11.8 Å². The van der Waals surface area contributed by atoms with Crippen LogP contribution in [0.1, 0.15) is 42.5 Å². The number of rotatable bonds is 3. The maximum atomic E-state index is 13.7. The number of amides is 2. The molecule has 2 atom stereocenters. The minimum atomic E-state index is -0.224. The van der Waals surface area contributed by atoms with Gasteiger partial charge in [0.1, 0.15) is 5.70 Å². The van der Waals surface area contributed by atoms with Crippen molar-refractivity contribution in [2.75, 3.05) is 18.0 Å². The average Bonchev–Trinajstić information content (AvgIpc) is 2.94. The molecule has 2 aromatic rings. The third-order valence-corrected chi connectivity index (χ3v) is 6.19. The zero-order chi connectivity index (χ0) is 21.6. The lowest BCUT2D eigenvalue weighted by Gasteiger charge is -2.37. The fourth-order valence-electron chi connectivity index (χ4n) is 4.82. The number of aryl methyl sites for hydroxylation is 3. The van der Waals surface area contributed by atoms with E-state index >= 15 is 0 Å². The van der Waals surface area contributed by atoms with E-state index in [1.165, 1.54) is 4.90 Å². The van der Waals surface area contributed by atoms with Crippen molar-refractivity contribution < 1.29 is 9.59 Å². The Hall–Kier alpha value is -2.88. The highest BCUT2D eigenvalue weighted by molar-refractivity contribution is 6.45. The van der Waals surface area contributed by atoms with Crippen molar-refractivity contribution in [1.82, 2.24) is 4.90 Å². The van der Waals surface area contributed by atoms with E-state index < -0.39 is 0 Å². The molecule has 2 amide bonds. The van der Waals surface area contributed by atoms with Crippen LogP contribution in [0.25, 0.3) is 5.57 Å². The fraction of sp³-hybridized carbons (Fsp3) is 0.385. The van der Waals surface area contributed by atoms with Crippen LogP contribution < -0.4 is 4.90 Å². The second kappa shape index (κ2) is 7.75. The molecule has 0 aromatic heterocycles.